The molecule has 20 heavy (non-hydrogen) atoms. The maximum absolute atomic E-state index is 11.9. The first-order valence-electron chi connectivity index (χ1n) is 6.02. The topological polar surface area (TPSA) is 82.2 Å². The van der Waals surface area contributed by atoms with Gasteiger partial charge in [-0.05, 0) is 48.4 Å². The molecule has 0 atom stereocenters. The molecule has 5 nitrogen and oxygen atoms in total. The number of H-pyrrole nitrogens is 1. The zero-order chi connectivity index (χ0) is 14.5. The van der Waals surface area contributed by atoms with Gasteiger partial charge in [0.15, 0.2) is 0 Å². The number of aryl methyl sites for hydroxylation is 1. The summed E-state index contributed by atoms with van der Waals surface area (Å²) in [5.41, 5.74) is 2.82. The summed E-state index contributed by atoms with van der Waals surface area (Å²) in [5.74, 6) is -1.21. The Kier molecular flexibility index (Phi) is 4.00. The minimum absolute atomic E-state index is 0.219. The molecule has 0 radical (unpaired) electrons. The van der Waals surface area contributed by atoms with Crippen LogP contribution in [0.25, 0.3) is 6.08 Å². The average Bonchev–Trinajstić information content (AvgIpc) is 2.91. The number of carbonyl (C=O) groups excluding carboxylic acids is 1. The summed E-state index contributed by atoms with van der Waals surface area (Å²) in [4.78, 5) is 25.2. The molecule has 1 heterocycles. The number of aromatic nitrogens is 1. The molecule has 0 spiro atoms. The summed E-state index contributed by atoms with van der Waals surface area (Å²) in [6.45, 7) is 1.85. The molecule has 1 amide bonds. The van der Waals surface area contributed by atoms with Gasteiger partial charge in [-0.1, -0.05) is 6.07 Å². The second-order valence-electron chi connectivity index (χ2n) is 4.28. The minimum Gasteiger partial charge on any atom is -0.478 e. The van der Waals surface area contributed by atoms with Crippen LogP contribution >= 0.6 is 0 Å². The molecule has 1 aromatic carbocycles. The van der Waals surface area contributed by atoms with Gasteiger partial charge in [0, 0.05) is 18.0 Å². The SMILES string of the molecule is Cc1cc(NC(=O)c2ccc[nH]2)ccc1C=CC(=O)O. The first-order chi connectivity index (χ1) is 9.56. The fraction of sp³-hybridized carbons (Fsp3) is 0.0667. The van der Waals surface area contributed by atoms with E-state index < -0.39 is 5.97 Å². The number of carboxylic acid groups (broad SMARTS) is 1. The van der Waals surface area contributed by atoms with E-state index in [-0.39, 0.29) is 5.91 Å². The third-order valence-electron chi connectivity index (χ3n) is 2.78. The largest absolute Gasteiger partial charge is 0.478 e. The van der Waals surface area contributed by atoms with Crippen molar-refractivity contribution in [3.63, 3.8) is 0 Å². The van der Waals surface area contributed by atoms with Crippen LogP contribution in [-0.2, 0) is 4.79 Å². The van der Waals surface area contributed by atoms with Gasteiger partial charge in [0.1, 0.15) is 5.69 Å². The van der Waals surface area contributed by atoms with Crippen LogP contribution in [0.15, 0.2) is 42.6 Å². The van der Waals surface area contributed by atoms with Crippen molar-refractivity contribution in [1.82, 2.24) is 4.98 Å². The van der Waals surface area contributed by atoms with E-state index in [2.05, 4.69) is 10.3 Å². The molecule has 102 valence electrons. The lowest BCUT2D eigenvalue weighted by molar-refractivity contribution is -0.131. The van der Waals surface area contributed by atoms with Crippen molar-refractivity contribution in [3.05, 3.63) is 59.4 Å². The Morgan fingerprint density at radius 3 is 2.70 bits per heavy atom. The smallest absolute Gasteiger partial charge is 0.328 e. The summed E-state index contributed by atoms with van der Waals surface area (Å²) >= 11 is 0. The van der Waals surface area contributed by atoms with E-state index in [0.29, 0.717) is 11.4 Å². The predicted octanol–water partition coefficient (Wildman–Crippen LogP) is 2.67. The summed E-state index contributed by atoms with van der Waals surface area (Å²) in [6.07, 6.45) is 4.29. The van der Waals surface area contributed by atoms with Gasteiger partial charge in [-0.3, -0.25) is 4.79 Å². The number of hydrogen-bond acceptors (Lipinski definition) is 2. The van der Waals surface area contributed by atoms with Gasteiger partial charge in [0.05, 0.1) is 0 Å². The second-order valence-corrected chi connectivity index (χ2v) is 4.28. The molecule has 0 saturated heterocycles. The lowest BCUT2D eigenvalue weighted by atomic mass is 10.1. The number of hydrogen-bond donors (Lipinski definition) is 3. The van der Waals surface area contributed by atoms with Crippen molar-refractivity contribution < 1.29 is 14.7 Å². The van der Waals surface area contributed by atoms with E-state index in [1.807, 2.05) is 6.92 Å². The van der Waals surface area contributed by atoms with E-state index in [1.54, 1.807) is 36.5 Å². The van der Waals surface area contributed by atoms with Gasteiger partial charge < -0.3 is 15.4 Å². The molecule has 0 aliphatic heterocycles. The maximum Gasteiger partial charge on any atom is 0.328 e. The van der Waals surface area contributed by atoms with Gasteiger partial charge in [-0.25, -0.2) is 4.79 Å². The Balaban J connectivity index is 2.13. The molecular weight excluding hydrogens is 256 g/mol. The highest BCUT2D eigenvalue weighted by Gasteiger charge is 2.06. The number of aliphatic carboxylic acids is 1. The highest BCUT2D eigenvalue weighted by atomic mass is 16.4. The van der Waals surface area contributed by atoms with E-state index in [4.69, 9.17) is 5.11 Å². The number of anilines is 1. The van der Waals surface area contributed by atoms with E-state index in [1.165, 1.54) is 6.08 Å². The summed E-state index contributed by atoms with van der Waals surface area (Å²) in [5, 5.41) is 11.4. The first-order valence-corrected chi connectivity index (χ1v) is 6.02. The van der Waals surface area contributed by atoms with Crippen LogP contribution in [0.2, 0.25) is 0 Å². The van der Waals surface area contributed by atoms with E-state index >= 15 is 0 Å². The molecule has 1 aromatic heterocycles. The van der Waals surface area contributed by atoms with Gasteiger partial charge in [-0.2, -0.15) is 0 Å². The molecule has 0 unspecified atom stereocenters. The van der Waals surface area contributed by atoms with E-state index in [0.717, 1.165) is 17.2 Å². The van der Waals surface area contributed by atoms with Crippen LogP contribution in [0.4, 0.5) is 5.69 Å². The highest BCUT2D eigenvalue weighted by Crippen LogP contribution is 2.17. The molecule has 2 rings (SSSR count). The average molecular weight is 270 g/mol. The van der Waals surface area contributed by atoms with Crippen molar-refractivity contribution in [3.8, 4) is 0 Å². The predicted molar refractivity (Wildman–Crippen MR) is 76.6 cm³/mol. The Hall–Kier alpha value is -2.82. The molecule has 0 saturated carbocycles. The number of aromatic amines is 1. The van der Waals surface area contributed by atoms with Crippen LogP contribution in [0.1, 0.15) is 21.6 Å². The number of nitrogens with one attached hydrogen (secondary N) is 2. The fourth-order valence-corrected chi connectivity index (χ4v) is 1.77. The molecule has 5 heteroatoms. The Labute approximate surface area is 115 Å². The van der Waals surface area contributed by atoms with Gasteiger partial charge in [-0.15, -0.1) is 0 Å². The monoisotopic (exact) mass is 270 g/mol. The van der Waals surface area contributed by atoms with Crippen LogP contribution in [0, 0.1) is 6.92 Å². The van der Waals surface area contributed by atoms with Crippen LogP contribution < -0.4 is 5.32 Å². The molecule has 0 bridgehead atoms. The van der Waals surface area contributed by atoms with Gasteiger partial charge in [0.25, 0.3) is 5.91 Å². The first kappa shape index (κ1) is 13.6. The van der Waals surface area contributed by atoms with E-state index in [9.17, 15) is 9.59 Å². The zero-order valence-electron chi connectivity index (χ0n) is 10.9. The third-order valence-corrected chi connectivity index (χ3v) is 2.78. The van der Waals surface area contributed by atoms with Gasteiger partial charge in [0.2, 0.25) is 0 Å². The third kappa shape index (κ3) is 3.35. The number of carbonyl (C=O) groups is 2. The number of benzene rings is 1. The maximum atomic E-state index is 11.9. The number of amides is 1. The molecular formula is C15H14N2O3. The molecule has 0 aliphatic rings. The zero-order valence-corrected chi connectivity index (χ0v) is 10.9. The van der Waals surface area contributed by atoms with Crippen molar-refractivity contribution in [2.45, 2.75) is 6.92 Å². The normalized spacial score (nSPS) is 10.7. The fourth-order valence-electron chi connectivity index (χ4n) is 1.77. The number of carboxylic acids is 1. The van der Waals surface area contributed by atoms with Crippen molar-refractivity contribution >= 4 is 23.6 Å². The Morgan fingerprint density at radius 1 is 1.30 bits per heavy atom. The lowest BCUT2D eigenvalue weighted by Gasteiger charge is -2.07. The van der Waals surface area contributed by atoms with Crippen LogP contribution in [0.5, 0.6) is 0 Å². The van der Waals surface area contributed by atoms with Crippen LogP contribution in [0.3, 0.4) is 0 Å². The van der Waals surface area contributed by atoms with Crippen molar-refractivity contribution in [2.75, 3.05) is 5.32 Å². The van der Waals surface area contributed by atoms with Crippen LogP contribution in [-0.4, -0.2) is 22.0 Å². The lowest BCUT2D eigenvalue weighted by Crippen LogP contribution is -2.12. The molecule has 0 aliphatic carbocycles. The second kappa shape index (κ2) is 5.88. The Bertz CT molecular complexity index is 658. The quantitative estimate of drug-likeness (QED) is 0.747. The number of rotatable bonds is 4. The molecule has 2 aromatic rings. The summed E-state index contributed by atoms with van der Waals surface area (Å²) in [6, 6.07) is 8.73. The highest BCUT2D eigenvalue weighted by molar-refractivity contribution is 6.03. The Morgan fingerprint density at radius 2 is 2.10 bits per heavy atom. The molecule has 3 N–H and O–H groups in total. The van der Waals surface area contributed by atoms with Crippen molar-refractivity contribution in [2.24, 2.45) is 0 Å². The van der Waals surface area contributed by atoms with Crippen molar-refractivity contribution in [1.29, 1.82) is 0 Å². The standard InChI is InChI=1S/C15H14N2O3/c1-10-9-12(6-4-11(10)5-7-14(18)19)17-15(20)13-3-2-8-16-13/h2-9,16H,1H3,(H,17,20)(H,18,19). The molecule has 0 fully saturated rings. The van der Waals surface area contributed by atoms with Gasteiger partial charge >= 0.3 is 5.97 Å². The summed E-state index contributed by atoms with van der Waals surface area (Å²) in [7, 11) is 0. The summed E-state index contributed by atoms with van der Waals surface area (Å²) < 4.78 is 0. The minimum atomic E-state index is -0.992.